The van der Waals surface area contributed by atoms with Gasteiger partial charge >= 0.3 is 11.9 Å². The Kier molecular flexibility index (Phi) is 8.67. The van der Waals surface area contributed by atoms with Gasteiger partial charge in [0, 0.05) is 11.5 Å². The van der Waals surface area contributed by atoms with Crippen LogP contribution < -0.4 is 0 Å². The lowest BCUT2D eigenvalue weighted by molar-refractivity contribution is -0.146. The Bertz CT molecular complexity index is 403. The van der Waals surface area contributed by atoms with Crippen LogP contribution in [0.4, 0.5) is 0 Å². The van der Waals surface area contributed by atoms with Crippen molar-refractivity contribution in [2.75, 3.05) is 13.2 Å². The van der Waals surface area contributed by atoms with E-state index in [4.69, 9.17) is 44.3 Å². The second-order valence-corrected chi connectivity index (χ2v) is 7.02. The molecule has 0 rings (SSSR count). The Morgan fingerprint density at radius 1 is 1.00 bits per heavy atom. The van der Waals surface area contributed by atoms with Gasteiger partial charge < -0.3 is 9.47 Å². The lowest BCUT2D eigenvalue weighted by Crippen LogP contribution is -2.32. The van der Waals surface area contributed by atoms with Crippen molar-refractivity contribution in [3.05, 3.63) is 11.1 Å². The van der Waals surface area contributed by atoms with E-state index in [-0.39, 0.29) is 26.1 Å². The third-order valence-corrected chi connectivity index (χ3v) is 3.49. The highest BCUT2D eigenvalue weighted by Gasteiger charge is 2.34. The highest BCUT2D eigenvalue weighted by atomic mass is 35.5. The van der Waals surface area contributed by atoms with Gasteiger partial charge in [0.1, 0.15) is 9.75 Å². The molecule has 0 aliphatic heterocycles. The molecule has 122 valence electrons. The van der Waals surface area contributed by atoms with Crippen LogP contribution in [0.15, 0.2) is 11.1 Å². The summed E-state index contributed by atoms with van der Waals surface area (Å²) >= 11 is 18.2. The molecule has 0 aliphatic rings. The fourth-order valence-corrected chi connectivity index (χ4v) is 2.15. The summed E-state index contributed by atoms with van der Waals surface area (Å²) in [4.78, 5) is 20.8. The van der Waals surface area contributed by atoms with E-state index in [9.17, 15) is 9.59 Å². The van der Waals surface area contributed by atoms with Crippen molar-refractivity contribution in [3.63, 3.8) is 0 Å². The Morgan fingerprint density at radius 3 is 1.86 bits per heavy atom. The third kappa shape index (κ3) is 7.39. The molecule has 0 N–H and O–H groups in total. The summed E-state index contributed by atoms with van der Waals surface area (Å²) in [7, 11) is 0. The molecule has 2 unspecified atom stereocenters. The number of carbonyl (C=O) groups excluding carboxylic acids is 2. The zero-order valence-electron chi connectivity index (χ0n) is 12.7. The molecule has 0 radical (unpaired) electrons. The summed E-state index contributed by atoms with van der Waals surface area (Å²) < 4.78 is 9.73. The normalized spacial score (nSPS) is 17.6. The molecule has 21 heavy (non-hydrogen) atoms. The van der Waals surface area contributed by atoms with Crippen LogP contribution in [-0.4, -0.2) is 34.9 Å². The number of esters is 2. The maximum atomic E-state index is 11.7. The first kappa shape index (κ1) is 20.6. The molecule has 0 amide bonds. The molecule has 0 aromatic rings. The van der Waals surface area contributed by atoms with Crippen molar-refractivity contribution in [2.24, 2.45) is 0 Å². The number of hydrogen-bond donors (Lipinski definition) is 0. The number of rotatable bonds is 8. The average molecular weight is 360 g/mol. The molecule has 0 heterocycles. The maximum absolute atomic E-state index is 11.7. The average Bonchev–Trinajstić information content (AvgIpc) is 2.36. The molecule has 2 atom stereocenters. The van der Waals surface area contributed by atoms with Gasteiger partial charge in [-0.2, -0.15) is 0 Å². The van der Waals surface area contributed by atoms with E-state index in [0.29, 0.717) is 5.03 Å². The van der Waals surface area contributed by atoms with E-state index >= 15 is 0 Å². The summed E-state index contributed by atoms with van der Waals surface area (Å²) in [6, 6.07) is 0. The van der Waals surface area contributed by atoms with Crippen molar-refractivity contribution in [1.29, 1.82) is 0 Å². The minimum absolute atomic E-state index is 0.0880. The predicted molar refractivity (Wildman–Crippen MR) is 85.0 cm³/mol. The third-order valence-electron chi connectivity index (χ3n) is 2.61. The smallest absolute Gasteiger partial charge is 0.327 e. The van der Waals surface area contributed by atoms with E-state index in [1.54, 1.807) is 26.8 Å². The maximum Gasteiger partial charge on any atom is 0.327 e. The highest BCUT2D eigenvalue weighted by Crippen LogP contribution is 2.30. The van der Waals surface area contributed by atoms with E-state index in [2.05, 4.69) is 0 Å². The van der Waals surface area contributed by atoms with Crippen LogP contribution in [0.2, 0.25) is 0 Å². The Balaban J connectivity index is 4.69. The van der Waals surface area contributed by atoms with Crippen LogP contribution in [0.5, 0.6) is 0 Å². The van der Waals surface area contributed by atoms with Crippen LogP contribution in [0.25, 0.3) is 0 Å². The number of ether oxygens (including phenoxy) is 2. The Labute approximate surface area is 140 Å². The van der Waals surface area contributed by atoms with Gasteiger partial charge in [0.15, 0.2) is 0 Å². The lowest BCUT2D eigenvalue weighted by atomic mass is 10.0. The van der Waals surface area contributed by atoms with Gasteiger partial charge in [-0.05, 0) is 34.1 Å². The number of allylic oxidation sites excluding steroid dienone is 2. The molecule has 0 saturated carbocycles. The monoisotopic (exact) mass is 358 g/mol. The van der Waals surface area contributed by atoms with Crippen LogP contribution in [0.1, 0.15) is 40.5 Å². The summed E-state index contributed by atoms with van der Waals surface area (Å²) in [5, 5.41) is 0.330. The first-order valence-corrected chi connectivity index (χ1v) is 7.77. The summed E-state index contributed by atoms with van der Waals surface area (Å²) in [5.41, 5.74) is 0. The summed E-state index contributed by atoms with van der Waals surface area (Å²) in [6.07, 6.45) is 1.82. The minimum Gasteiger partial charge on any atom is -0.465 e. The van der Waals surface area contributed by atoms with Gasteiger partial charge in [-0.3, -0.25) is 9.59 Å². The van der Waals surface area contributed by atoms with Crippen LogP contribution in [-0.2, 0) is 19.1 Å². The van der Waals surface area contributed by atoms with Crippen molar-refractivity contribution in [2.45, 2.75) is 50.3 Å². The fraction of sp³-hybridized carbons (Fsp3) is 0.714. The lowest BCUT2D eigenvalue weighted by Gasteiger charge is -2.21. The van der Waals surface area contributed by atoms with Crippen LogP contribution in [0, 0.1) is 0 Å². The second-order valence-electron chi connectivity index (χ2n) is 4.87. The molecule has 0 saturated heterocycles. The van der Waals surface area contributed by atoms with Crippen molar-refractivity contribution < 1.29 is 19.1 Å². The van der Waals surface area contributed by atoms with Gasteiger partial charge in [0.25, 0.3) is 0 Å². The predicted octanol–water partition coefficient (Wildman–Crippen LogP) is 4.01. The molecular formula is C14H21Cl3O4. The number of halogens is 3. The zero-order valence-corrected chi connectivity index (χ0v) is 14.9. The SMILES string of the molecule is CCOC(=O)C(C)(Cl)CC=C(Cl)CC(C)(Cl)C(=O)OCC. The van der Waals surface area contributed by atoms with E-state index in [0.717, 1.165) is 0 Å². The van der Waals surface area contributed by atoms with Crippen molar-refractivity contribution in [3.8, 4) is 0 Å². The Hall–Kier alpha value is -0.450. The van der Waals surface area contributed by atoms with Crippen LogP contribution >= 0.6 is 34.8 Å². The zero-order chi connectivity index (χ0) is 16.7. The van der Waals surface area contributed by atoms with Gasteiger partial charge in [-0.15, -0.1) is 23.2 Å². The van der Waals surface area contributed by atoms with Gasteiger partial charge in [0.05, 0.1) is 13.2 Å². The van der Waals surface area contributed by atoms with Crippen LogP contribution in [0.3, 0.4) is 0 Å². The van der Waals surface area contributed by atoms with Gasteiger partial charge in [0.2, 0.25) is 0 Å². The van der Waals surface area contributed by atoms with Crippen molar-refractivity contribution in [1.82, 2.24) is 0 Å². The highest BCUT2D eigenvalue weighted by molar-refractivity contribution is 6.36. The second kappa shape index (κ2) is 8.86. The van der Waals surface area contributed by atoms with Gasteiger partial charge in [-0.25, -0.2) is 0 Å². The van der Waals surface area contributed by atoms with Gasteiger partial charge in [-0.1, -0.05) is 17.7 Å². The minimum atomic E-state index is -1.25. The summed E-state index contributed by atoms with van der Waals surface area (Å²) in [5.74, 6) is -1.07. The number of alkyl halides is 2. The standard InChI is InChI=1S/C14H21Cl3O4/c1-5-20-11(18)13(3,16)8-7-10(15)9-14(4,17)12(19)21-6-2/h7H,5-6,8-9H2,1-4H3. The molecule has 0 spiro atoms. The molecule has 7 heteroatoms. The molecule has 0 aliphatic carbocycles. The molecule has 0 fully saturated rings. The molecule has 4 nitrogen and oxygen atoms in total. The quantitative estimate of drug-likeness (QED) is 0.485. The van der Waals surface area contributed by atoms with E-state index in [1.807, 2.05) is 0 Å². The number of carbonyl (C=O) groups is 2. The van der Waals surface area contributed by atoms with Crippen molar-refractivity contribution >= 4 is 46.7 Å². The molecule has 0 bridgehead atoms. The number of hydrogen-bond acceptors (Lipinski definition) is 4. The largest absolute Gasteiger partial charge is 0.465 e. The first-order chi connectivity index (χ1) is 9.56. The molecule has 0 aromatic heterocycles. The molecular weight excluding hydrogens is 339 g/mol. The first-order valence-electron chi connectivity index (χ1n) is 6.63. The molecule has 0 aromatic carbocycles. The Morgan fingerprint density at radius 2 is 1.43 bits per heavy atom. The summed E-state index contributed by atoms with van der Waals surface area (Å²) in [6.45, 7) is 6.95. The van der Waals surface area contributed by atoms with E-state index < -0.39 is 21.7 Å². The van der Waals surface area contributed by atoms with E-state index in [1.165, 1.54) is 6.92 Å². The fourth-order valence-electron chi connectivity index (χ4n) is 1.41. The topological polar surface area (TPSA) is 52.6 Å².